The van der Waals surface area contributed by atoms with E-state index in [9.17, 15) is 4.79 Å². The molecule has 0 radical (unpaired) electrons. The third kappa shape index (κ3) is 4.10. The minimum atomic E-state index is -0.695. The van der Waals surface area contributed by atoms with E-state index in [0.717, 1.165) is 13.1 Å². The van der Waals surface area contributed by atoms with Crippen LogP contribution in [0.2, 0.25) is 0 Å². The van der Waals surface area contributed by atoms with E-state index >= 15 is 0 Å². The van der Waals surface area contributed by atoms with Gasteiger partial charge in [-0.3, -0.25) is 4.79 Å². The average molecular weight is 228 g/mol. The summed E-state index contributed by atoms with van der Waals surface area (Å²) in [6, 6.07) is 0. The predicted octanol–water partition coefficient (Wildman–Crippen LogP) is 1.03. The summed E-state index contributed by atoms with van der Waals surface area (Å²) in [5.41, 5.74) is -0.000903. The van der Waals surface area contributed by atoms with Crippen LogP contribution in [0.5, 0.6) is 0 Å². The molecule has 4 heteroatoms. The van der Waals surface area contributed by atoms with Gasteiger partial charge >= 0.3 is 5.97 Å². The van der Waals surface area contributed by atoms with Crippen molar-refractivity contribution in [2.45, 2.75) is 33.2 Å². The van der Waals surface area contributed by atoms with Crippen LogP contribution in [-0.4, -0.2) is 47.7 Å². The van der Waals surface area contributed by atoms with Gasteiger partial charge in [0.2, 0.25) is 0 Å². The Balaban J connectivity index is 2.69. The molecule has 0 aromatic carbocycles. The van der Waals surface area contributed by atoms with Gasteiger partial charge in [-0.05, 0) is 19.8 Å². The standard InChI is InChI=1S/C12H24N2O2/c1-9(2)6-14-7-10(11(15)16)5-13-12(3,4)8-14/h9-10,13H,5-8H2,1-4H3,(H,15,16). The van der Waals surface area contributed by atoms with Crippen molar-refractivity contribution < 1.29 is 9.90 Å². The van der Waals surface area contributed by atoms with E-state index in [1.165, 1.54) is 0 Å². The van der Waals surface area contributed by atoms with Gasteiger partial charge in [-0.15, -0.1) is 0 Å². The Morgan fingerprint density at radius 3 is 2.69 bits per heavy atom. The van der Waals surface area contributed by atoms with Gasteiger partial charge in [-0.1, -0.05) is 13.8 Å². The first-order valence-electron chi connectivity index (χ1n) is 6.00. The smallest absolute Gasteiger partial charge is 0.309 e. The summed E-state index contributed by atoms with van der Waals surface area (Å²) in [5.74, 6) is -0.414. The van der Waals surface area contributed by atoms with Crippen LogP contribution in [0.3, 0.4) is 0 Å². The number of hydrogen-bond donors (Lipinski definition) is 2. The zero-order chi connectivity index (χ0) is 12.3. The highest BCUT2D eigenvalue weighted by atomic mass is 16.4. The molecule has 1 fully saturated rings. The molecule has 1 rings (SSSR count). The van der Waals surface area contributed by atoms with E-state index in [4.69, 9.17) is 5.11 Å². The number of carboxylic acid groups (broad SMARTS) is 1. The van der Waals surface area contributed by atoms with Crippen LogP contribution in [0.1, 0.15) is 27.7 Å². The zero-order valence-electron chi connectivity index (χ0n) is 10.8. The molecule has 0 amide bonds. The highest BCUT2D eigenvalue weighted by molar-refractivity contribution is 5.70. The molecule has 16 heavy (non-hydrogen) atoms. The fourth-order valence-electron chi connectivity index (χ4n) is 2.28. The molecule has 94 valence electrons. The number of hydrogen-bond acceptors (Lipinski definition) is 3. The van der Waals surface area contributed by atoms with Crippen LogP contribution < -0.4 is 5.32 Å². The second kappa shape index (κ2) is 5.15. The van der Waals surface area contributed by atoms with E-state index in [1.807, 2.05) is 0 Å². The molecule has 0 bridgehead atoms. The van der Waals surface area contributed by atoms with Crippen molar-refractivity contribution in [2.75, 3.05) is 26.2 Å². The van der Waals surface area contributed by atoms with E-state index in [1.54, 1.807) is 0 Å². The minimum absolute atomic E-state index is 0.000903. The fraction of sp³-hybridized carbons (Fsp3) is 0.917. The van der Waals surface area contributed by atoms with E-state index in [-0.39, 0.29) is 11.5 Å². The van der Waals surface area contributed by atoms with Crippen molar-refractivity contribution in [3.8, 4) is 0 Å². The molecule has 1 heterocycles. The summed E-state index contributed by atoms with van der Waals surface area (Å²) in [5, 5.41) is 12.5. The Hall–Kier alpha value is -0.610. The largest absolute Gasteiger partial charge is 0.481 e. The molecule has 2 N–H and O–H groups in total. The molecule has 0 aliphatic carbocycles. The maximum Gasteiger partial charge on any atom is 0.309 e. The van der Waals surface area contributed by atoms with E-state index in [0.29, 0.717) is 19.0 Å². The second-order valence-electron chi connectivity index (χ2n) is 5.89. The number of nitrogens with zero attached hydrogens (tertiary/aromatic N) is 1. The van der Waals surface area contributed by atoms with Gasteiger partial charge in [0, 0.05) is 31.7 Å². The van der Waals surface area contributed by atoms with Crippen LogP contribution in [0.25, 0.3) is 0 Å². The summed E-state index contributed by atoms with van der Waals surface area (Å²) < 4.78 is 0. The molecular weight excluding hydrogens is 204 g/mol. The Morgan fingerprint density at radius 1 is 1.56 bits per heavy atom. The summed E-state index contributed by atoms with van der Waals surface area (Å²) in [6.07, 6.45) is 0. The second-order valence-corrected chi connectivity index (χ2v) is 5.89. The molecule has 1 saturated heterocycles. The maximum absolute atomic E-state index is 11.1. The zero-order valence-corrected chi connectivity index (χ0v) is 10.8. The summed E-state index contributed by atoms with van der Waals surface area (Å²) in [6.45, 7) is 11.7. The van der Waals surface area contributed by atoms with Gasteiger partial charge < -0.3 is 15.3 Å². The van der Waals surface area contributed by atoms with Crippen molar-refractivity contribution in [2.24, 2.45) is 11.8 Å². The lowest BCUT2D eigenvalue weighted by molar-refractivity contribution is -0.142. The van der Waals surface area contributed by atoms with Crippen molar-refractivity contribution in [1.29, 1.82) is 0 Å². The molecule has 1 aliphatic rings. The number of nitrogens with one attached hydrogen (secondary N) is 1. The van der Waals surface area contributed by atoms with Crippen LogP contribution in [0.4, 0.5) is 0 Å². The topological polar surface area (TPSA) is 52.6 Å². The first-order valence-corrected chi connectivity index (χ1v) is 6.00. The maximum atomic E-state index is 11.1. The minimum Gasteiger partial charge on any atom is -0.481 e. The van der Waals surface area contributed by atoms with Crippen LogP contribution >= 0.6 is 0 Å². The molecule has 0 aromatic rings. The van der Waals surface area contributed by atoms with Gasteiger partial charge in [-0.25, -0.2) is 0 Å². The van der Waals surface area contributed by atoms with Gasteiger partial charge in [0.05, 0.1) is 5.92 Å². The van der Waals surface area contributed by atoms with Gasteiger partial charge in [0.1, 0.15) is 0 Å². The molecule has 1 aliphatic heterocycles. The first kappa shape index (κ1) is 13.5. The van der Waals surface area contributed by atoms with Crippen molar-refractivity contribution in [3.05, 3.63) is 0 Å². The number of carboxylic acids is 1. The van der Waals surface area contributed by atoms with Crippen LogP contribution in [0, 0.1) is 11.8 Å². The van der Waals surface area contributed by atoms with Crippen molar-refractivity contribution in [3.63, 3.8) is 0 Å². The summed E-state index contributed by atoms with van der Waals surface area (Å²) >= 11 is 0. The molecule has 1 unspecified atom stereocenters. The third-order valence-corrected chi connectivity index (χ3v) is 2.90. The van der Waals surface area contributed by atoms with Crippen molar-refractivity contribution >= 4 is 5.97 Å². The van der Waals surface area contributed by atoms with E-state index < -0.39 is 5.97 Å². The van der Waals surface area contributed by atoms with Crippen molar-refractivity contribution in [1.82, 2.24) is 10.2 Å². The van der Waals surface area contributed by atoms with E-state index in [2.05, 4.69) is 37.9 Å². The normalized spacial score (nSPS) is 26.7. The molecule has 0 aromatic heterocycles. The number of rotatable bonds is 3. The summed E-state index contributed by atoms with van der Waals surface area (Å²) in [4.78, 5) is 13.4. The average Bonchev–Trinajstić information content (AvgIpc) is 2.22. The van der Waals surface area contributed by atoms with Gasteiger partial charge in [0.25, 0.3) is 0 Å². The lowest BCUT2D eigenvalue weighted by atomic mass is 10.1. The monoisotopic (exact) mass is 228 g/mol. The molecular formula is C12H24N2O2. The fourth-order valence-corrected chi connectivity index (χ4v) is 2.28. The quantitative estimate of drug-likeness (QED) is 0.757. The highest BCUT2D eigenvalue weighted by Gasteiger charge is 2.31. The molecule has 1 atom stereocenters. The lowest BCUT2D eigenvalue weighted by Crippen LogP contribution is -2.47. The van der Waals surface area contributed by atoms with Crippen LogP contribution in [0.15, 0.2) is 0 Å². The predicted molar refractivity (Wildman–Crippen MR) is 64.5 cm³/mol. The Labute approximate surface area is 98.0 Å². The first-order chi connectivity index (χ1) is 7.30. The molecule has 4 nitrogen and oxygen atoms in total. The summed E-state index contributed by atoms with van der Waals surface area (Å²) in [7, 11) is 0. The Kier molecular flexibility index (Phi) is 4.33. The number of aliphatic carboxylic acids is 1. The highest BCUT2D eigenvalue weighted by Crippen LogP contribution is 2.15. The van der Waals surface area contributed by atoms with Gasteiger partial charge in [0.15, 0.2) is 0 Å². The molecule has 0 saturated carbocycles. The number of carbonyl (C=O) groups is 1. The van der Waals surface area contributed by atoms with Crippen LogP contribution in [-0.2, 0) is 4.79 Å². The van der Waals surface area contributed by atoms with Gasteiger partial charge in [-0.2, -0.15) is 0 Å². The molecule has 0 spiro atoms. The Morgan fingerprint density at radius 2 is 2.19 bits per heavy atom. The third-order valence-electron chi connectivity index (χ3n) is 2.90. The Bertz CT molecular complexity index is 251. The SMILES string of the molecule is CC(C)CN1CC(C(=O)O)CNC(C)(C)C1. The lowest BCUT2D eigenvalue weighted by Gasteiger charge is -2.30.